The molecule has 3 heteroatoms. The molecule has 0 aliphatic carbocycles. The van der Waals surface area contributed by atoms with Crippen LogP contribution in [0.5, 0.6) is 0 Å². The Bertz CT molecular complexity index is 372. The van der Waals surface area contributed by atoms with Crippen molar-refractivity contribution in [2.45, 2.75) is 25.3 Å². The van der Waals surface area contributed by atoms with Gasteiger partial charge in [-0.25, -0.2) is 0 Å². The van der Waals surface area contributed by atoms with Crippen LogP contribution in [0.2, 0.25) is 5.02 Å². The average molecular weight is 238 g/mol. The molecule has 0 saturated carbocycles. The Morgan fingerprint density at radius 2 is 2.06 bits per heavy atom. The number of rotatable bonds is 3. The molecular weight excluding hydrogens is 222 g/mol. The summed E-state index contributed by atoms with van der Waals surface area (Å²) in [5.74, 6) is 0.932. The zero-order chi connectivity index (χ0) is 11.4. The molecule has 0 spiro atoms. The van der Waals surface area contributed by atoms with E-state index >= 15 is 0 Å². The highest BCUT2D eigenvalue weighted by atomic mass is 35.5. The molecule has 2 N–H and O–H groups in total. The van der Waals surface area contributed by atoms with Gasteiger partial charge in [0, 0.05) is 5.02 Å². The van der Waals surface area contributed by atoms with Crippen LogP contribution in [0.15, 0.2) is 36.1 Å². The molecule has 16 heavy (non-hydrogen) atoms. The normalized spacial score (nSPS) is 17.5. The van der Waals surface area contributed by atoms with E-state index in [1.54, 1.807) is 0 Å². The molecule has 1 aliphatic heterocycles. The maximum atomic E-state index is 6.09. The van der Waals surface area contributed by atoms with Crippen LogP contribution >= 0.6 is 11.6 Å². The molecular formula is C13H16ClNO. The molecule has 0 radical (unpaired) electrons. The van der Waals surface area contributed by atoms with Gasteiger partial charge in [-0.1, -0.05) is 23.7 Å². The van der Waals surface area contributed by atoms with E-state index in [0.29, 0.717) is 0 Å². The second-order valence-electron chi connectivity index (χ2n) is 4.03. The van der Waals surface area contributed by atoms with Crippen molar-refractivity contribution < 1.29 is 4.74 Å². The lowest BCUT2D eigenvalue weighted by Crippen LogP contribution is -2.28. The third kappa shape index (κ3) is 3.00. The van der Waals surface area contributed by atoms with Crippen molar-refractivity contribution in [3.8, 4) is 0 Å². The minimum absolute atomic E-state index is 0.0403. The van der Waals surface area contributed by atoms with Gasteiger partial charge in [-0.15, -0.1) is 0 Å². The fraction of sp³-hybridized carbons (Fsp3) is 0.385. The zero-order valence-corrected chi connectivity index (χ0v) is 9.91. The summed E-state index contributed by atoms with van der Waals surface area (Å²) >= 11 is 5.83. The average Bonchev–Trinajstić information content (AvgIpc) is 2.33. The van der Waals surface area contributed by atoms with E-state index in [1.165, 1.54) is 5.56 Å². The highest BCUT2D eigenvalue weighted by Crippen LogP contribution is 2.17. The number of hydrogen-bond donors (Lipinski definition) is 1. The molecule has 0 amide bonds. The van der Waals surface area contributed by atoms with Gasteiger partial charge in [0.15, 0.2) is 0 Å². The number of nitrogens with two attached hydrogens (primary N) is 1. The highest BCUT2D eigenvalue weighted by molar-refractivity contribution is 6.30. The quantitative estimate of drug-likeness (QED) is 0.878. The fourth-order valence-electron chi connectivity index (χ4n) is 1.81. The van der Waals surface area contributed by atoms with Gasteiger partial charge >= 0.3 is 0 Å². The van der Waals surface area contributed by atoms with E-state index in [4.69, 9.17) is 22.1 Å². The van der Waals surface area contributed by atoms with Crippen molar-refractivity contribution in [2.75, 3.05) is 6.61 Å². The topological polar surface area (TPSA) is 35.2 Å². The largest absolute Gasteiger partial charge is 0.497 e. The minimum Gasteiger partial charge on any atom is -0.497 e. The zero-order valence-electron chi connectivity index (χ0n) is 9.16. The first-order chi connectivity index (χ1) is 7.75. The van der Waals surface area contributed by atoms with E-state index in [1.807, 2.05) is 24.3 Å². The summed E-state index contributed by atoms with van der Waals surface area (Å²) in [5.41, 5.74) is 7.28. The first-order valence-electron chi connectivity index (χ1n) is 5.58. The molecule has 86 valence electrons. The molecule has 2 rings (SSSR count). The smallest absolute Gasteiger partial charge is 0.109 e. The minimum atomic E-state index is -0.0403. The molecule has 0 bridgehead atoms. The number of benzene rings is 1. The summed E-state index contributed by atoms with van der Waals surface area (Å²) in [5, 5.41) is 0.755. The van der Waals surface area contributed by atoms with Gasteiger partial charge in [0.25, 0.3) is 0 Å². The third-order valence-corrected chi connectivity index (χ3v) is 2.95. The van der Waals surface area contributed by atoms with Crippen LogP contribution in [0.1, 0.15) is 18.4 Å². The highest BCUT2D eigenvalue weighted by Gasteiger charge is 2.13. The van der Waals surface area contributed by atoms with Crippen molar-refractivity contribution in [1.29, 1.82) is 0 Å². The van der Waals surface area contributed by atoms with Gasteiger partial charge in [-0.2, -0.15) is 0 Å². The predicted molar refractivity (Wildman–Crippen MR) is 66.4 cm³/mol. The molecule has 1 atom stereocenters. The Hall–Kier alpha value is -0.990. The monoisotopic (exact) mass is 237 g/mol. The lowest BCUT2D eigenvalue weighted by Gasteiger charge is -2.20. The van der Waals surface area contributed by atoms with Crippen LogP contribution in [-0.4, -0.2) is 12.6 Å². The molecule has 1 heterocycles. The Balaban J connectivity index is 1.98. The number of ether oxygens (including phenoxy) is 1. The maximum Gasteiger partial charge on any atom is 0.109 e. The molecule has 0 aromatic heterocycles. The van der Waals surface area contributed by atoms with Crippen LogP contribution in [0.3, 0.4) is 0 Å². The van der Waals surface area contributed by atoms with E-state index < -0.39 is 0 Å². The lowest BCUT2D eigenvalue weighted by atomic mass is 10.0. The predicted octanol–water partition coefficient (Wildman–Crippen LogP) is 2.90. The number of hydrogen-bond acceptors (Lipinski definition) is 2. The molecule has 1 unspecified atom stereocenters. The Morgan fingerprint density at radius 3 is 2.69 bits per heavy atom. The van der Waals surface area contributed by atoms with Gasteiger partial charge in [-0.3, -0.25) is 0 Å². The summed E-state index contributed by atoms with van der Waals surface area (Å²) in [4.78, 5) is 0. The summed E-state index contributed by atoms with van der Waals surface area (Å²) < 4.78 is 5.55. The molecule has 0 saturated heterocycles. The van der Waals surface area contributed by atoms with Crippen molar-refractivity contribution >= 4 is 11.6 Å². The van der Waals surface area contributed by atoms with Crippen molar-refractivity contribution in [2.24, 2.45) is 5.73 Å². The van der Waals surface area contributed by atoms with Crippen LogP contribution < -0.4 is 5.73 Å². The van der Waals surface area contributed by atoms with Gasteiger partial charge in [0.05, 0.1) is 12.6 Å². The van der Waals surface area contributed by atoms with Crippen LogP contribution in [0.4, 0.5) is 0 Å². The maximum absolute atomic E-state index is 6.09. The fourth-order valence-corrected chi connectivity index (χ4v) is 1.94. The molecule has 1 aliphatic rings. The second-order valence-corrected chi connectivity index (χ2v) is 4.47. The van der Waals surface area contributed by atoms with Crippen LogP contribution in [0.25, 0.3) is 0 Å². The number of allylic oxidation sites excluding steroid dienone is 1. The van der Waals surface area contributed by atoms with E-state index in [2.05, 4.69) is 6.08 Å². The Kier molecular flexibility index (Phi) is 3.86. The summed E-state index contributed by atoms with van der Waals surface area (Å²) in [6, 6.07) is 7.75. The van der Waals surface area contributed by atoms with Crippen molar-refractivity contribution in [3.63, 3.8) is 0 Å². The first-order valence-corrected chi connectivity index (χ1v) is 5.96. The lowest BCUT2D eigenvalue weighted by molar-refractivity contribution is 0.175. The van der Waals surface area contributed by atoms with Gasteiger partial charge in [0.2, 0.25) is 0 Å². The first kappa shape index (κ1) is 11.5. The van der Waals surface area contributed by atoms with Gasteiger partial charge in [-0.05, 0) is 43.0 Å². The van der Waals surface area contributed by atoms with Crippen molar-refractivity contribution in [1.82, 2.24) is 0 Å². The second kappa shape index (κ2) is 5.37. The van der Waals surface area contributed by atoms with E-state index in [0.717, 1.165) is 36.7 Å². The van der Waals surface area contributed by atoms with Crippen LogP contribution in [-0.2, 0) is 11.2 Å². The molecule has 2 nitrogen and oxygen atoms in total. The summed E-state index contributed by atoms with van der Waals surface area (Å²) in [7, 11) is 0. The van der Waals surface area contributed by atoms with Gasteiger partial charge in [0.1, 0.15) is 5.76 Å². The molecule has 0 fully saturated rings. The molecule has 1 aromatic rings. The standard InChI is InChI=1S/C13H16ClNO/c14-11-6-4-10(5-7-11)9-12(15)13-3-1-2-8-16-13/h3-7,12H,1-2,8-9,15H2. The number of halogens is 1. The van der Waals surface area contributed by atoms with Crippen molar-refractivity contribution in [3.05, 3.63) is 46.7 Å². The SMILES string of the molecule is NC(Cc1ccc(Cl)cc1)C1=CCCCO1. The van der Waals surface area contributed by atoms with Gasteiger partial charge < -0.3 is 10.5 Å². The molecule has 1 aromatic carbocycles. The Morgan fingerprint density at radius 1 is 1.31 bits per heavy atom. The Labute approximate surface area is 101 Å². The summed E-state index contributed by atoms with van der Waals surface area (Å²) in [6.45, 7) is 0.792. The third-order valence-electron chi connectivity index (χ3n) is 2.70. The van der Waals surface area contributed by atoms with Crippen LogP contribution in [0, 0.1) is 0 Å². The van der Waals surface area contributed by atoms with E-state index in [9.17, 15) is 0 Å². The van der Waals surface area contributed by atoms with E-state index in [-0.39, 0.29) is 6.04 Å². The summed E-state index contributed by atoms with van der Waals surface area (Å²) in [6.07, 6.45) is 5.06.